The highest BCUT2D eigenvalue weighted by Gasteiger charge is 2.21. The third-order valence-corrected chi connectivity index (χ3v) is 4.35. The van der Waals surface area contributed by atoms with Gasteiger partial charge in [0, 0.05) is 0 Å². The van der Waals surface area contributed by atoms with E-state index in [9.17, 15) is 5.11 Å². The molecule has 1 aliphatic carbocycles. The number of benzene rings is 1. The summed E-state index contributed by atoms with van der Waals surface area (Å²) < 4.78 is 6.13. The van der Waals surface area contributed by atoms with Gasteiger partial charge in [0.1, 0.15) is 5.75 Å². The van der Waals surface area contributed by atoms with E-state index < -0.39 is 6.10 Å². The molecule has 0 unspecified atom stereocenters. The molecule has 0 bridgehead atoms. The van der Waals surface area contributed by atoms with E-state index in [1.54, 1.807) is 6.92 Å². The summed E-state index contributed by atoms with van der Waals surface area (Å²) in [4.78, 5) is 0. The summed E-state index contributed by atoms with van der Waals surface area (Å²) >= 11 is 0. The second kappa shape index (κ2) is 6.42. The molecule has 1 N–H and O–H groups in total. The average Bonchev–Trinajstić information content (AvgIpc) is 2.41. The number of aryl methyl sites for hydroxylation is 1. The lowest BCUT2D eigenvalue weighted by molar-refractivity contribution is 0.129. The Morgan fingerprint density at radius 1 is 1.26 bits per heavy atom. The summed E-state index contributed by atoms with van der Waals surface area (Å²) in [5.41, 5.74) is 2.08. The minimum absolute atomic E-state index is 0.374. The van der Waals surface area contributed by atoms with Crippen molar-refractivity contribution in [2.75, 3.05) is 0 Å². The Labute approximate surface area is 116 Å². The van der Waals surface area contributed by atoms with E-state index in [0.29, 0.717) is 6.10 Å². The van der Waals surface area contributed by atoms with Gasteiger partial charge in [-0.2, -0.15) is 0 Å². The van der Waals surface area contributed by atoms with Crippen molar-refractivity contribution >= 4 is 0 Å². The zero-order valence-corrected chi connectivity index (χ0v) is 12.4. The molecule has 0 heterocycles. The summed E-state index contributed by atoms with van der Waals surface area (Å²) in [5.74, 6) is 1.88. The van der Waals surface area contributed by atoms with Crippen molar-refractivity contribution in [3.63, 3.8) is 0 Å². The van der Waals surface area contributed by atoms with Crippen molar-refractivity contribution in [3.8, 4) is 5.75 Å². The van der Waals surface area contributed by atoms with Crippen LogP contribution in [0.3, 0.4) is 0 Å². The molecule has 19 heavy (non-hydrogen) atoms. The van der Waals surface area contributed by atoms with Crippen LogP contribution in [0.2, 0.25) is 0 Å². The molecule has 106 valence electrons. The molecule has 0 radical (unpaired) electrons. The number of hydrogen-bond acceptors (Lipinski definition) is 2. The van der Waals surface area contributed by atoms with Gasteiger partial charge < -0.3 is 9.84 Å². The standard InChI is InChI=1S/C17H26O2/c1-4-14-5-8-16(9-6-14)19-17-10-7-15(13(3)18)11-12(17)2/h7,10-11,13-14,16,18H,4-6,8-9H2,1-3H3/t13-,14?,16?/m1/s1. The van der Waals surface area contributed by atoms with Gasteiger partial charge in [-0.3, -0.25) is 0 Å². The highest BCUT2D eigenvalue weighted by atomic mass is 16.5. The Bertz CT molecular complexity index is 404. The third kappa shape index (κ3) is 3.73. The molecule has 1 fully saturated rings. The monoisotopic (exact) mass is 262 g/mol. The highest BCUT2D eigenvalue weighted by molar-refractivity contribution is 5.37. The Kier molecular flexibility index (Phi) is 4.87. The lowest BCUT2D eigenvalue weighted by atomic mass is 9.86. The Morgan fingerprint density at radius 2 is 1.95 bits per heavy atom. The van der Waals surface area contributed by atoms with E-state index in [0.717, 1.165) is 22.8 Å². The zero-order valence-electron chi connectivity index (χ0n) is 12.4. The van der Waals surface area contributed by atoms with Crippen LogP contribution in [-0.2, 0) is 0 Å². The number of aliphatic hydroxyl groups excluding tert-OH is 1. The van der Waals surface area contributed by atoms with Crippen molar-refractivity contribution in [1.29, 1.82) is 0 Å². The molecule has 0 aromatic heterocycles. The number of hydrogen-bond donors (Lipinski definition) is 1. The maximum atomic E-state index is 9.58. The smallest absolute Gasteiger partial charge is 0.122 e. The first-order valence-electron chi connectivity index (χ1n) is 7.55. The molecule has 2 heteroatoms. The van der Waals surface area contributed by atoms with Crippen molar-refractivity contribution < 1.29 is 9.84 Å². The van der Waals surface area contributed by atoms with Gasteiger partial charge in [0.15, 0.2) is 0 Å². The quantitative estimate of drug-likeness (QED) is 0.871. The molecule has 1 aliphatic rings. The van der Waals surface area contributed by atoms with Gasteiger partial charge >= 0.3 is 0 Å². The van der Waals surface area contributed by atoms with Crippen molar-refractivity contribution in [1.82, 2.24) is 0 Å². The summed E-state index contributed by atoms with van der Waals surface area (Å²) in [6.45, 7) is 6.13. The molecule has 2 rings (SSSR count). The van der Waals surface area contributed by atoms with E-state index >= 15 is 0 Å². The first-order valence-corrected chi connectivity index (χ1v) is 7.55. The summed E-state index contributed by atoms with van der Waals surface area (Å²) in [7, 11) is 0. The summed E-state index contributed by atoms with van der Waals surface area (Å²) in [6.07, 6.45) is 6.21. The fourth-order valence-electron chi connectivity index (χ4n) is 2.90. The van der Waals surface area contributed by atoms with Crippen LogP contribution in [0.1, 0.15) is 63.2 Å². The predicted molar refractivity (Wildman–Crippen MR) is 78.5 cm³/mol. The first kappa shape index (κ1) is 14.4. The van der Waals surface area contributed by atoms with Gasteiger partial charge in [-0.05, 0) is 68.7 Å². The van der Waals surface area contributed by atoms with E-state index in [2.05, 4.69) is 13.8 Å². The number of ether oxygens (including phenoxy) is 1. The second-order valence-corrected chi connectivity index (χ2v) is 5.87. The molecule has 0 spiro atoms. The van der Waals surface area contributed by atoms with E-state index in [1.165, 1.54) is 32.1 Å². The average molecular weight is 262 g/mol. The molecule has 1 aromatic carbocycles. The van der Waals surface area contributed by atoms with Crippen LogP contribution >= 0.6 is 0 Å². The molecule has 2 nitrogen and oxygen atoms in total. The van der Waals surface area contributed by atoms with Crippen molar-refractivity contribution in [2.45, 2.75) is 65.1 Å². The molecule has 0 amide bonds. The largest absolute Gasteiger partial charge is 0.490 e. The molecule has 1 aromatic rings. The predicted octanol–water partition coefficient (Wildman–Crippen LogP) is 4.40. The Hall–Kier alpha value is -1.02. The van der Waals surface area contributed by atoms with E-state index in [1.807, 2.05) is 18.2 Å². The van der Waals surface area contributed by atoms with Crippen LogP contribution in [-0.4, -0.2) is 11.2 Å². The molecule has 1 saturated carbocycles. The third-order valence-electron chi connectivity index (χ3n) is 4.35. The lowest BCUT2D eigenvalue weighted by Gasteiger charge is -2.29. The molecular weight excluding hydrogens is 236 g/mol. The Balaban J connectivity index is 1.96. The lowest BCUT2D eigenvalue weighted by Crippen LogP contribution is -2.24. The van der Waals surface area contributed by atoms with Gasteiger partial charge in [0.25, 0.3) is 0 Å². The van der Waals surface area contributed by atoms with Gasteiger partial charge in [-0.15, -0.1) is 0 Å². The molecule has 0 aliphatic heterocycles. The molecule has 1 atom stereocenters. The molecular formula is C17H26O2. The van der Waals surface area contributed by atoms with Gasteiger partial charge in [0.2, 0.25) is 0 Å². The maximum absolute atomic E-state index is 9.58. The topological polar surface area (TPSA) is 29.5 Å². The second-order valence-electron chi connectivity index (χ2n) is 5.87. The maximum Gasteiger partial charge on any atom is 0.122 e. The Morgan fingerprint density at radius 3 is 2.47 bits per heavy atom. The summed E-state index contributed by atoms with van der Waals surface area (Å²) in [6, 6.07) is 5.99. The van der Waals surface area contributed by atoms with Crippen LogP contribution in [0.4, 0.5) is 0 Å². The summed E-state index contributed by atoms with van der Waals surface area (Å²) in [5, 5.41) is 9.58. The number of rotatable bonds is 4. The SMILES string of the molecule is CCC1CCC(Oc2ccc([C@@H](C)O)cc2C)CC1. The normalized spacial score (nSPS) is 25.1. The van der Waals surface area contributed by atoms with Crippen LogP contribution < -0.4 is 4.74 Å². The first-order chi connectivity index (χ1) is 9.10. The van der Waals surface area contributed by atoms with Crippen LogP contribution in [0.25, 0.3) is 0 Å². The number of aliphatic hydroxyl groups is 1. The van der Waals surface area contributed by atoms with Gasteiger partial charge in [-0.1, -0.05) is 19.4 Å². The molecule has 0 saturated heterocycles. The highest BCUT2D eigenvalue weighted by Crippen LogP contribution is 2.31. The van der Waals surface area contributed by atoms with Crippen LogP contribution in [0.15, 0.2) is 18.2 Å². The zero-order chi connectivity index (χ0) is 13.8. The minimum atomic E-state index is -0.409. The van der Waals surface area contributed by atoms with E-state index in [-0.39, 0.29) is 0 Å². The van der Waals surface area contributed by atoms with Crippen molar-refractivity contribution in [2.24, 2.45) is 5.92 Å². The van der Waals surface area contributed by atoms with Crippen LogP contribution in [0.5, 0.6) is 5.75 Å². The van der Waals surface area contributed by atoms with Crippen molar-refractivity contribution in [3.05, 3.63) is 29.3 Å². The van der Waals surface area contributed by atoms with E-state index in [4.69, 9.17) is 4.74 Å². The fourth-order valence-corrected chi connectivity index (χ4v) is 2.90. The fraction of sp³-hybridized carbons (Fsp3) is 0.647. The minimum Gasteiger partial charge on any atom is -0.490 e. The van der Waals surface area contributed by atoms with Gasteiger partial charge in [0.05, 0.1) is 12.2 Å². The van der Waals surface area contributed by atoms with Crippen LogP contribution in [0, 0.1) is 12.8 Å². The van der Waals surface area contributed by atoms with Gasteiger partial charge in [-0.25, -0.2) is 0 Å².